The molecule has 1 unspecified atom stereocenters. The summed E-state index contributed by atoms with van der Waals surface area (Å²) in [7, 11) is -2.26. The Morgan fingerprint density at radius 2 is 1.80 bits per heavy atom. The van der Waals surface area contributed by atoms with Crippen LogP contribution in [0.15, 0.2) is 59.6 Å². The Morgan fingerprint density at radius 3 is 2.46 bits per heavy atom. The van der Waals surface area contributed by atoms with Gasteiger partial charge in [0, 0.05) is 29.7 Å². The molecule has 184 valence electrons. The van der Waals surface area contributed by atoms with Gasteiger partial charge in [0.1, 0.15) is 0 Å². The highest BCUT2D eigenvalue weighted by atomic mass is 32.2. The normalized spacial score (nSPS) is 12.6. The summed E-state index contributed by atoms with van der Waals surface area (Å²) in [6.07, 6.45) is 1.70. The van der Waals surface area contributed by atoms with Gasteiger partial charge in [-0.25, -0.2) is 22.2 Å². The van der Waals surface area contributed by atoms with Crippen LogP contribution in [-0.4, -0.2) is 37.9 Å². The zero-order valence-corrected chi connectivity index (χ0v) is 21.2. The standard InChI is InChI=1S/C26H29FN4O3S/c1-16-11-17(2)26(18(3)12-16)35(32,33)30-19(4)14-28-23-7-6-8-24-21(23)15-29-31(24)20-9-10-25(34-5)22(27)13-20/h6-13,15,19,28,30H,14H2,1-5H3. The first-order valence-corrected chi connectivity index (χ1v) is 12.7. The molecule has 1 atom stereocenters. The van der Waals surface area contributed by atoms with E-state index < -0.39 is 15.8 Å². The number of aromatic nitrogens is 2. The van der Waals surface area contributed by atoms with Crippen LogP contribution >= 0.6 is 0 Å². The molecule has 0 aliphatic rings. The predicted molar refractivity (Wildman–Crippen MR) is 137 cm³/mol. The van der Waals surface area contributed by atoms with Crippen molar-refractivity contribution >= 4 is 26.6 Å². The smallest absolute Gasteiger partial charge is 0.241 e. The molecule has 1 heterocycles. The molecule has 7 nitrogen and oxygen atoms in total. The van der Waals surface area contributed by atoms with Gasteiger partial charge in [-0.3, -0.25) is 0 Å². The van der Waals surface area contributed by atoms with Gasteiger partial charge in [-0.05, 0) is 63.1 Å². The predicted octanol–water partition coefficient (Wildman–Crippen LogP) is 4.88. The summed E-state index contributed by atoms with van der Waals surface area (Å²) in [6.45, 7) is 7.75. The molecule has 0 saturated heterocycles. The molecule has 2 N–H and O–H groups in total. The summed E-state index contributed by atoms with van der Waals surface area (Å²) in [6, 6.07) is 13.7. The van der Waals surface area contributed by atoms with Gasteiger partial charge in [-0.1, -0.05) is 23.8 Å². The fraction of sp³-hybridized carbons (Fsp3) is 0.269. The van der Waals surface area contributed by atoms with Gasteiger partial charge in [-0.15, -0.1) is 0 Å². The van der Waals surface area contributed by atoms with Gasteiger partial charge < -0.3 is 10.1 Å². The van der Waals surface area contributed by atoms with Crippen LogP contribution in [0.3, 0.4) is 0 Å². The molecule has 4 rings (SSSR count). The SMILES string of the molecule is COc1ccc(-n2ncc3c(NCC(C)NS(=O)(=O)c4c(C)cc(C)cc4C)cccc32)cc1F. The number of nitrogens with one attached hydrogen (secondary N) is 2. The van der Waals surface area contributed by atoms with Gasteiger partial charge in [0.2, 0.25) is 10.0 Å². The van der Waals surface area contributed by atoms with Crippen molar-refractivity contribution in [1.29, 1.82) is 0 Å². The van der Waals surface area contributed by atoms with Crippen LogP contribution in [0, 0.1) is 26.6 Å². The number of fused-ring (bicyclic) bond motifs is 1. The number of ether oxygens (including phenoxy) is 1. The van der Waals surface area contributed by atoms with Crippen LogP contribution in [0.5, 0.6) is 5.75 Å². The van der Waals surface area contributed by atoms with E-state index in [9.17, 15) is 12.8 Å². The Bertz CT molecular complexity index is 1480. The highest BCUT2D eigenvalue weighted by Gasteiger charge is 2.22. The number of anilines is 1. The molecule has 1 aromatic heterocycles. The summed E-state index contributed by atoms with van der Waals surface area (Å²) < 4.78 is 49.8. The molecule has 0 radical (unpaired) electrons. The number of aryl methyl sites for hydroxylation is 3. The zero-order chi connectivity index (χ0) is 25.3. The summed E-state index contributed by atoms with van der Waals surface area (Å²) in [4.78, 5) is 0.324. The third-order valence-electron chi connectivity index (χ3n) is 5.82. The first kappa shape index (κ1) is 24.7. The second kappa shape index (κ2) is 9.67. The zero-order valence-electron chi connectivity index (χ0n) is 20.4. The van der Waals surface area contributed by atoms with E-state index in [1.54, 1.807) is 23.0 Å². The van der Waals surface area contributed by atoms with Gasteiger partial charge >= 0.3 is 0 Å². The Balaban J connectivity index is 1.52. The third-order valence-corrected chi connectivity index (χ3v) is 7.72. The van der Waals surface area contributed by atoms with Crippen molar-refractivity contribution in [1.82, 2.24) is 14.5 Å². The molecule has 0 amide bonds. The first-order valence-electron chi connectivity index (χ1n) is 11.3. The van der Waals surface area contributed by atoms with E-state index in [0.29, 0.717) is 17.1 Å². The number of hydrogen-bond acceptors (Lipinski definition) is 5. The fourth-order valence-corrected chi connectivity index (χ4v) is 6.11. The highest BCUT2D eigenvalue weighted by molar-refractivity contribution is 7.89. The number of hydrogen-bond donors (Lipinski definition) is 2. The van der Waals surface area contributed by atoms with Crippen molar-refractivity contribution in [2.45, 2.75) is 38.6 Å². The van der Waals surface area contributed by atoms with Gasteiger partial charge in [-0.2, -0.15) is 5.10 Å². The molecule has 0 fully saturated rings. The summed E-state index contributed by atoms with van der Waals surface area (Å²) in [5.41, 5.74) is 4.64. The number of halogens is 1. The maximum absolute atomic E-state index is 14.2. The topological polar surface area (TPSA) is 85.2 Å². The molecule has 0 saturated carbocycles. The molecular weight excluding hydrogens is 467 g/mol. The molecule has 35 heavy (non-hydrogen) atoms. The van der Waals surface area contributed by atoms with Crippen LogP contribution in [0.25, 0.3) is 16.6 Å². The average Bonchev–Trinajstić information content (AvgIpc) is 3.21. The van der Waals surface area contributed by atoms with Gasteiger partial charge in [0.15, 0.2) is 11.6 Å². The largest absolute Gasteiger partial charge is 0.494 e. The van der Waals surface area contributed by atoms with Gasteiger partial charge in [0.25, 0.3) is 0 Å². The van der Waals surface area contributed by atoms with Crippen LogP contribution in [0.2, 0.25) is 0 Å². The summed E-state index contributed by atoms with van der Waals surface area (Å²) in [5, 5.41) is 8.59. The lowest BCUT2D eigenvalue weighted by Gasteiger charge is -2.18. The Labute approximate surface area is 205 Å². The van der Waals surface area contributed by atoms with Crippen molar-refractivity contribution in [3.05, 3.63) is 77.2 Å². The molecular formula is C26H29FN4O3S. The van der Waals surface area contributed by atoms with E-state index in [4.69, 9.17) is 4.74 Å². The lowest BCUT2D eigenvalue weighted by atomic mass is 10.1. The monoisotopic (exact) mass is 496 g/mol. The Morgan fingerprint density at radius 1 is 1.09 bits per heavy atom. The van der Waals surface area contributed by atoms with Crippen molar-refractivity contribution in [2.24, 2.45) is 0 Å². The summed E-state index contributed by atoms with van der Waals surface area (Å²) in [5.74, 6) is -0.303. The molecule has 0 bridgehead atoms. The van der Waals surface area contributed by atoms with Crippen LogP contribution < -0.4 is 14.8 Å². The maximum Gasteiger partial charge on any atom is 0.241 e. The minimum atomic E-state index is -3.68. The maximum atomic E-state index is 14.2. The molecule has 4 aromatic rings. The van der Waals surface area contributed by atoms with Crippen molar-refractivity contribution in [3.63, 3.8) is 0 Å². The minimum Gasteiger partial charge on any atom is -0.494 e. The molecule has 0 spiro atoms. The van der Waals surface area contributed by atoms with E-state index in [1.807, 2.05) is 58.0 Å². The fourth-order valence-electron chi connectivity index (χ4n) is 4.42. The Kier molecular flexibility index (Phi) is 6.82. The average molecular weight is 497 g/mol. The van der Waals surface area contributed by atoms with Crippen LogP contribution in [-0.2, 0) is 10.0 Å². The van der Waals surface area contributed by atoms with Crippen LogP contribution in [0.1, 0.15) is 23.6 Å². The highest BCUT2D eigenvalue weighted by Crippen LogP contribution is 2.27. The Hall–Kier alpha value is -3.43. The van der Waals surface area contributed by atoms with Gasteiger partial charge in [0.05, 0.1) is 29.4 Å². The molecule has 0 aliphatic carbocycles. The number of benzene rings is 3. The van der Waals surface area contributed by atoms with Crippen molar-refractivity contribution < 1.29 is 17.5 Å². The first-order chi connectivity index (χ1) is 16.6. The van der Waals surface area contributed by atoms with E-state index >= 15 is 0 Å². The lowest BCUT2D eigenvalue weighted by molar-refractivity contribution is 0.386. The molecule has 9 heteroatoms. The van der Waals surface area contributed by atoms with Crippen LogP contribution in [0.4, 0.5) is 10.1 Å². The molecule has 0 aliphatic heterocycles. The number of nitrogens with zero attached hydrogens (tertiary/aromatic N) is 2. The second-order valence-electron chi connectivity index (χ2n) is 8.74. The number of sulfonamides is 1. The number of methoxy groups -OCH3 is 1. The van der Waals surface area contributed by atoms with E-state index in [-0.39, 0.29) is 11.8 Å². The van der Waals surface area contributed by atoms with E-state index in [0.717, 1.165) is 33.3 Å². The molecule has 3 aromatic carbocycles. The quantitative estimate of drug-likeness (QED) is 0.363. The minimum absolute atomic E-state index is 0.167. The van der Waals surface area contributed by atoms with Crippen molar-refractivity contribution in [3.8, 4) is 11.4 Å². The second-order valence-corrected chi connectivity index (χ2v) is 10.4. The summed E-state index contributed by atoms with van der Waals surface area (Å²) >= 11 is 0. The number of rotatable bonds is 8. The van der Waals surface area contributed by atoms with E-state index in [2.05, 4.69) is 15.1 Å². The third kappa shape index (κ3) is 5.01. The van der Waals surface area contributed by atoms with Crippen molar-refractivity contribution in [2.75, 3.05) is 19.0 Å². The van der Waals surface area contributed by atoms with E-state index in [1.165, 1.54) is 13.2 Å². The lowest BCUT2D eigenvalue weighted by Crippen LogP contribution is -2.38.